The van der Waals surface area contributed by atoms with E-state index in [1.165, 1.54) is 30.3 Å². The minimum absolute atomic E-state index is 0.00520. The minimum atomic E-state index is -4.65. The van der Waals surface area contributed by atoms with Crippen molar-refractivity contribution in [3.05, 3.63) is 77.9 Å². The zero-order valence-corrected chi connectivity index (χ0v) is 17.0. The number of nitrogen functional groups attached to an aromatic ring is 2. The SMILES string of the molecule is Nc1ccc(Oc2ccc3ccc(Oc4ccc(N)c(C(F)(F)F)c4)nc3c2)cc1C(F)(F)F. The van der Waals surface area contributed by atoms with Crippen LogP contribution >= 0.6 is 0 Å². The molecule has 4 N–H and O–H groups in total. The van der Waals surface area contributed by atoms with E-state index in [0.29, 0.717) is 10.9 Å². The number of halogens is 6. The third-order valence-electron chi connectivity index (χ3n) is 4.76. The van der Waals surface area contributed by atoms with Gasteiger partial charge in [0.05, 0.1) is 16.6 Å². The highest BCUT2D eigenvalue weighted by molar-refractivity contribution is 5.80. The van der Waals surface area contributed by atoms with Crippen LogP contribution in [-0.4, -0.2) is 4.98 Å². The van der Waals surface area contributed by atoms with Crippen LogP contribution in [0.3, 0.4) is 0 Å². The highest BCUT2D eigenvalue weighted by atomic mass is 19.4. The van der Waals surface area contributed by atoms with Gasteiger partial charge >= 0.3 is 12.4 Å². The Morgan fingerprint density at radius 1 is 0.588 bits per heavy atom. The first kappa shape index (κ1) is 23.0. The maximum absolute atomic E-state index is 13.1. The maximum atomic E-state index is 13.1. The number of nitrogens with two attached hydrogens (primary N) is 2. The summed E-state index contributed by atoms with van der Waals surface area (Å²) in [7, 11) is 0. The second-order valence-electron chi connectivity index (χ2n) is 7.20. The smallest absolute Gasteiger partial charge is 0.418 e. The van der Waals surface area contributed by atoms with E-state index in [1.54, 1.807) is 12.1 Å². The molecule has 5 nitrogen and oxygen atoms in total. The lowest BCUT2D eigenvalue weighted by molar-refractivity contribution is -0.137. The number of aromatic nitrogens is 1. The summed E-state index contributed by atoms with van der Waals surface area (Å²) < 4.78 is 89.5. The molecule has 0 aliphatic rings. The molecular weight excluding hydrogens is 464 g/mol. The number of hydrogen-bond acceptors (Lipinski definition) is 5. The first-order valence-electron chi connectivity index (χ1n) is 9.60. The van der Waals surface area contributed by atoms with E-state index in [-0.39, 0.29) is 23.1 Å². The molecule has 0 aliphatic carbocycles. The van der Waals surface area contributed by atoms with Gasteiger partial charge in [0.25, 0.3) is 0 Å². The fourth-order valence-electron chi connectivity index (χ4n) is 3.14. The Balaban J connectivity index is 1.61. The van der Waals surface area contributed by atoms with Crippen molar-refractivity contribution in [2.24, 2.45) is 0 Å². The summed E-state index contributed by atoms with van der Waals surface area (Å²) in [5, 5.41) is 0.640. The average Bonchev–Trinajstić information content (AvgIpc) is 2.74. The van der Waals surface area contributed by atoms with Crippen LogP contribution in [0.5, 0.6) is 23.1 Å². The Kier molecular flexibility index (Phi) is 5.64. The Bertz CT molecular complexity index is 1270. The molecule has 0 amide bonds. The molecule has 3 aromatic carbocycles. The van der Waals surface area contributed by atoms with Crippen molar-refractivity contribution in [2.45, 2.75) is 12.4 Å². The van der Waals surface area contributed by atoms with Crippen LogP contribution in [0.2, 0.25) is 0 Å². The highest BCUT2D eigenvalue weighted by Gasteiger charge is 2.34. The first-order chi connectivity index (χ1) is 15.9. The van der Waals surface area contributed by atoms with Crippen molar-refractivity contribution in [1.82, 2.24) is 4.98 Å². The summed E-state index contributed by atoms with van der Waals surface area (Å²) in [6.45, 7) is 0. The standard InChI is InChI=1S/C23H15F6N3O2/c24-22(25,26)16-9-13(4-6-18(16)30)33-15-3-1-12-2-8-21(32-20(12)11-15)34-14-5-7-19(31)17(10-14)23(27,28)29/h1-11H,30-31H2. The third kappa shape index (κ3) is 4.92. The van der Waals surface area contributed by atoms with Gasteiger partial charge in [-0.1, -0.05) is 0 Å². The van der Waals surface area contributed by atoms with E-state index >= 15 is 0 Å². The number of rotatable bonds is 4. The summed E-state index contributed by atoms with van der Waals surface area (Å²) in [6.07, 6.45) is -9.30. The number of alkyl halides is 6. The van der Waals surface area contributed by atoms with Gasteiger partial charge in [0.1, 0.15) is 17.2 Å². The van der Waals surface area contributed by atoms with Crippen LogP contribution in [0, 0.1) is 0 Å². The number of hydrogen-bond donors (Lipinski definition) is 2. The number of anilines is 2. The van der Waals surface area contributed by atoms with E-state index in [4.69, 9.17) is 20.9 Å². The van der Waals surface area contributed by atoms with Crippen LogP contribution in [0.15, 0.2) is 66.7 Å². The predicted molar refractivity (Wildman–Crippen MR) is 114 cm³/mol. The van der Waals surface area contributed by atoms with E-state index in [2.05, 4.69) is 4.98 Å². The molecule has 0 radical (unpaired) electrons. The van der Waals surface area contributed by atoms with Crippen molar-refractivity contribution in [3.63, 3.8) is 0 Å². The molecule has 0 aliphatic heterocycles. The lowest BCUT2D eigenvalue weighted by Crippen LogP contribution is -2.08. The molecule has 0 unspecified atom stereocenters. The van der Waals surface area contributed by atoms with E-state index in [1.807, 2.05) is 0 Å². The van der Waals surface area contributed by atoms with Crippen molar-refractivity contribution in [1.29, 1.82) is 0 Å². The Morgan fingerprint density at radius 2 is 1.06 bits per heavy atom. The summed E-state index contributed by atoms with van der Waals surface area (Å²) in [5.41, 5.74) is 8.19. The molecule has 34 heavy (non-hydrogen) atoms. The molecule has 0 fully saturated rings. The van der Waals surface area contributed by atoms with Gasteiger partial charge in [0, 0.05) is 28.9 Å². The normalized spacial score (nSPS) is 12.1. The molecule has 0 atom stereocenters. The largest absolute Gasteiger partial charge is 0.457 e. The molecule has 4 rings (SSSR count). The Labute approximate surface area is 188 Å². The third-order valence-corrected chi connectivity index (χ3v) is 4.76. The first-order valence-corrected chi connectivity index (χ1v) is 9.60. The molecule has 1 heterocycles. The molecule has 0 saturated carbocycles. The van der Waals surface area contributed by atoms with Crippen molar-refractivity contribution >= 4 is 22.3 Å². The zero-order valence-electron chi connectivity index (χ0n) is 17.0. The number of benzene rings is 3. The number of pyridine rings is 1. The highest BCUT2D eigenvalue weighted by Crippen LogP contribution is 2.38. The van der Waals surface area contributed by atoms with E-state index in [0.717, 1.165) is 24.3 Å². The summed E-state index contributed by atoms with van der Waals surface area (Å²) in [4.78, 5) is 4.24. The van der Waals surface area contributed by atoms with Crippen LogP contribution in [-0.2, 0) is 12.4 Å². The van der Waals surface area contributed by atoms with Gasteiger partial charge in [-0.2, -0.15) is 26.3 Å². The fourth-order valence-corrected chi connectivity index (χ4v) is 3.14. The molecule has 0 spiro atoms. The second kappa shape index (κ2) is 8.32. The fraction of sp³-hybridized carbons (Fsp3) is 0.0870. The second-order valence-corrected chi connectivity index (χ2v) is 7.20. The molecule has 1 aromatic heterocycles. The van der Waals surface area contributed by atoms with Crippen LogP contribution in [0.25, 0.3) is 10.9 Å². The Hall–Kier alpha value is -4.15. The van der Waals surface area contributed by atoms with Gasteiger partial charge in [0.2, 0.25) is 5.88 Å². The number of nitrogens with zero attached hydrogens (tertiary/aromatic N) is 1. The van der Waals surface area contributed by atoms with Gasteiger partial charge in [0.15, 0.2) is 0 Å². The lowest BCUT2D eigenvalue weighted by Gasteiger charge is -2.13. The van der Waals surface area contributed by atoms with Crippen LogP contribution in [0.1, 0.15) is 11.1 Å². The zero-order chi connectivity index (χ0) is 24.7. The molecule has 0 bridgehead atoms. The van der Waals surface area contributed by atoms with Gasteiger partial charge in [-0.25, -0.2) is 4.98 Å². The lowest BCUT2D eigenvalue weighted by atomic mass is 10.1. The monoisotopic (exact) mass is 479 g/mol. The number of fused-ring (bicyclic) bond motifs is 1. The van der Waals surface area contributed by atoms with E-state index in [9.17, 15) is 26.3 Å². The van der Waals surface area contributed by atoms with Crippen molar-refractivity contribution in [2.75, 3.05) is 11.5 Å². The van der Waals surface area contributed by atoms with Gasteiger partial charge < -0.3 is 20.9 Å². The minimum Gasteiger partial charge on any atom is -0.457 e. The predicted octanol–water partition coefficient (Wildman–Crippen LogP) is 7.02. The quantitative estimate of drug-likeness (QED) is 0.243. The summed E-state index contributed by atoms with van der Waals surface area (Å²) in [6, 6.07) is 14.0. The van der Waals surface area contributed by atoms with Gasteiger partial charge in [-0.15, -0.1) is 0 Å². The molecular formula is C23H15F6N3O2. The Morgan fingerprint density at radius 3 is 1.62 bits per heavy atom. The van der Waals surface area contributed by atoms with E-state index < -0.39 is 34.9 Å². The molecule has 176 valence electrons. The van der Waals surface area contributed by atoms with Crippen molar-refractivity contribution < 1.29 is 35.8 Å². The van der Waals surface area contributed by atoms with Gasteiger partial charge in [-0.3, -0.25) is 0 Å². The van der Waals surface area contributed by atoms with Crippen LogP contribution < -0.4 is 20.9 Å². The molecule has 11 heteroatoms. The number of ether oxygens (including phenoxy) is 2. The molecule has 4 aromatic rings. The summed E-state index contributed by atoms with van der Waals surface area (Å²) >= 11 is 0. The topological polar surface area (TPSA) is 83.4 Å². The van der Waals surface area contributed by atoms with Gasteiger partial charge in [-0.05, 0) is 54.6 Å². The maximum Gasteiger partial charge on any atom is 0.418 e. The molecule has 0 saturated heterocycles. The average molecular weight is 479 g/mol. The van der Waals surface area contributed by atoms with Crippen LogP contribution in [0.4, 0.5) is 37.7 Å². The van der Waals surface area contributed by atoms with Crippen molar-refractivity contribution in [3.8, 4) is 23.1 Å². The summed E-state index contributed by atoms with van der Waals surface area (Å²) in [5.74, 6) is -0.0338.